The molecule has 7 aromatic rings. The third-order valence-corrected chi connectivity index (χ3v) is 38.8. The van der Waals surface area contributed by atoms with Crippen LogP contribution in [0.5, 0.6) is 0 Å². The average Bonchev–Trinajstić information content (AvgIpc) is 3.88. The van der Waals surface area contributed by atoms with Crippen molar-refractivity contribution >= 4 is 133 Å². The molecule has 3 aliphatic heterocycles. The van der Waals surface area contributed by atoms with Crippen LogP contribution >= 0.6 is 81.6 Å². The summed E-state index contributed by atoms with van der Waals surface area (Å²) in [6.07, 6.45) is 0. The van der Waals surface area contributed by atoms with Crippen molar-refractivity contribution in [2.24, 2.45) is 0 Å². The highest BCUT2D eigenvalue weighted by Gasteiger charge is 2.34. The maximum absolute atomic E-state index is 6.47. The zero-order valence-electron chi connectivity index (χ0n) is 28.1. The molecule has 0 spiro atoms. The highest BCUT2D eigenvalue weighted by molar-refractivity contribution is 9.04. The highest BCUT2D eigenvalue weighted by Crippen LogP contribution is 2.81. The Morgan fingerprint density at radius 2 is 0.500 bits per heavy atom. The molecule has 0 bridgehead atoms. The molecule has 7 aromatic carbocycles. The van der Waals surface area contributed by atoms with E-state index >= 15 is 0 Å². The summed E-state index contributed by atoms with van der Waals surface area (Å²) in [4.78, 5) is 7.80. The van der Waals surface area contributed by atoms with Crippen LogP contribution in [0.2, 0.25) is 0 Å². The summed E-state index contributed by atoms with van der Waals surface area (Å²) in [5.74, 6) is 0. The second kappa shape index (κ2) is 14.8. The second-order valence-electron chi connectivity index (χ2n) is 12.8. The number of hydrogen-bond acceptors (Lipinski definition) is 9. The summed E-state index contributed by atoms with van der Waals surface area (Å²) < 4.78 is -5.86. The molecule has 10 rings (SSSR count). The first-order valence-electron chi connectivity index (χ1n) is 17.0. The molecular formula is C42H27P3S9. The minimum atomic E-state index is -1.95. The van der Waals surface area contributed by atoms with Crippen molar-refractivity contribution in [1.29, 1.82) is 0 Å². The van der Waals surface area contributed by atoms with Gasteiger partial charge in [-0.3, -0.25) is 0 Å². The molecule has 0 nitrogen and oxygen atoms in total. The van der Waals surface area contributed by atoms with Crippen LogP contribution in [0, 0.1) is 0 Å². The van der Waals surface area contributed by atoms with Gasteiger partial charge in [0.15, 0.2) is 0 Å². The van der Waals surface area contributed by atoms with Gasteiger partial charge in [-0.1, -0.05) is 195 Å². The van der Waals surface area contributed by atoms with Gasteiger partial charge in [0, 0.05) is 45.3 Å². The predicted molar refractivity (Wildman–Crippen MR) is 259 cm³/mol. The van der Waals surface area contributed by atoms with Gasteiger partial charge in [0.1, 0.15) is 0 Å². The molecule has 0 N–H and O–H groups in total. The van der Waals surface area contributed by atoms with Gasteiger partial charge in [0.25, 0.3) is 0 Å². The summed E-state index contributed by atoms with van der Waals surface area (Å²) in [7, 11) is 0. The normalized spacial score (nSPS) is 17.1. The Bertz CT molecular complexity index is 2420. The number of hydrogen-bond donors (Lipinski definition) is 0. The van der Waals surface area contributed by atoms with E-state index in [1.807, 2.05) is 68.3 Å². The molecule has 12 heteroatoms. The Kier molecular flexibility index (Phi) is 10.1. The van der Waals surface area contributed by atoms with E-state index in [0.717, 1.165) is 0 Å². The van der Waals surface area contributed by atoms with Crippen LogP contribution in [0.3, 0.4) is 0 Å². The van der Waals surface area contributed by atoms with E-state index in [9.17, 15) is 0 Å². The molecule has 0 amide bonds. The smallest absolute Gasteiger partial charge is 0.0720 e. The van der Waals surface area contributed by atoms with Crippen molar-refractivity contribution in [2.75, 3.05) is 0 Å². The van der Waals surface area contributed by atoms with Crippen molar-refractivity contribution in [3.63, 3.8) is 0 Å². The fourth-order valence-electron chi connectivity index (χ4n) is 6.65. The van der Waals surface area contributed by atoms with Crippen LogP contribution in [0.4, 0.5) is 0 Å². The Morgan fingerprint density at radius 1 is 0.259 bits per heavy atom. The third kappa shape index (κ3) is 6.97. The quantitative estimate of drug-likeness (QED) is 0.148. The van der Waals surface area contributed by atoms with Crippen molar-refractivity contribution < 1.29 is 0 Å². The molecule has 0 unspecified atom stereocenters. The van der Waals surface area contributed by atoms with Gasteiger partial charge in [-0.2, -0.15) is 0 Å². The van der Waals surface area contributed by atoms with Crippen molar-refractivity contribution in [2.45, 2.75) is 29.4 Å². The summed E-state index contributed by atoms with van der Waals surface area (Å²) in [6, 6.07) is 60.0. The number of fused-ring (bicyclic) bond motifs is 3. The first kappa shape index (κ1) is 36.9. The topological polar surface area (TPSA) is 0 Å². The molecule has 0 saturated heterocycles. The van der Waals surface area contributed by atoms with Crippen LogP contribution in [-0.2, 0) is 35.4 Å². The molecule has 0 saturated carbocycles. The molecular weight excluding hydrogens is 886 g/mol. The van der Waals surface area contributed by atoms with E-state index in [1.54, 1.807) is 0 Å². The van der Waals surface area contributed by atoms with Crippen LogP contribution in [0.25, 0.3) is 33.4 Å². The van der Waals surface area contributed by atoms with Crippen LogP contribution in [0.1, 0.15) is 0 Å². The zero-order valence-corrected chi connectivity index (χ0v) is 38.1. The Labute approximate surface area is 355 Å². The van der Waals surface area contributed by atoms with E-state index in [0.29, 0.717) is 0 Å². The fraction of sp³-hybridized carbons (Fsp3) is 0. The molecule has 0 aliphatic carbocycles. The van der Waals surface area contributed by atoms with Crippen LogP contribution in [0.15, 0.2) is 193 Å². The minimum Gasteiger partial charge on any atom is -0.0720 e. The summed E-state index contributed by atoms with van der Waals surface area (Å²) in [5, 5.41) is 3.74. The first-order chi connectivity index (χ1) is 26.2. The van der Waals surface area contributed by atoms with Gasteiger partial charge in [-0.05, 0) is 106 Å². The van der Waals surface area contributed by atoms with Crippen LogP contribution < -0.4 is 15.9 Å². The molecule has 0 radical (unpaired) electrons. The lowest BCUT2D eigenvalue weighted by atomic mass is 9.93. The van der Waals surface area contributed by atoms with E-state index in [2.05, 4.69) is 164 Å². The second-order valence-corrected chi connectivity index (χ2v) is 45.4. The average molecular weight is 913 g/mol. The van der Waals surface area contributed by atoms with Crippen molar-refractivity contribution in [3.05, 3.63) is 164 Å². The maximum atomic E-state index is 6.47. The fourth-order valence-corrected chi connectivity index (χ4v) is 36.8. The molecule has 264 valence electrons. The first-order valence-corrected chi connectivity index (χ1v) is 33.9. The zero-order chi connectivity index (χ0) is 36.5. The predicted octanol–water partition coefficient (Wildman–Crippen LogP) is 15.2. The molecule has 0 atom stereocenters. The lowest BCUT2D eigenvalue weighted by molar-refractivity contribution is 1.27. The van der Waals surface area contributed by atoms with E-state index in [1.165, 1.54) is 78.7 Å². The van der Waals surface area contributed by atoms with Gasteiger partial charge in [-0.15, -0.1) is 0 Å². The highest BCUT2D eigenvalue weighted by atomic mass is 33.2. The summed E-state index contributed by atoms with van der Waals surface area (Å²) in [6.45, 7) is 0. The van der Waals surface area contributed by atoms with E-state index < -0.39 is 13.3 Å². The SMILES string of the molecule is S=P1(c2cccc(-c3cc(-c4cccc(P5(=S)Sc6ccccc6S5)c4)cc(-c4cccc(P5(=S)Sc6ccccc6S5)c4)c3)c2)Sc2ccccc2S1. The number of rotatable bonds is 6. The van der Waals surface area contributed by atoms with E-state index in [-0.39, 0.29) is 0 Å². The molecule has 3 aliphatic rings. The Morgan fingerprint density at radius 3 is 0.741 bits per heavy atom. The molecule has 0 aromatic heterocycles. The van der Waals surface area contributed by atoms with Gasteiger partial charge >= 0.3 is 0 Å². The standard InChI is InChI=1S/C42H27P3S9/c46-43(49-37-16-1-2-17-38(37)50-43)34-13-7-10-28(25-34)31-22-32(29-11-8-14-35(26-29)44(47)51-39-18-3-4-19-40(39)52-44)24-33(23-31)30-12-9-15-36(27-30)45(48)53-41-20-5-6-21-42(41)54-45/h1-27H. The number of benzene rings is 7. The van der Waals surface area contributed by atoms with Gasteiger partial charge < -0.3 is 0 Å². The third-order valence-electron chi connectivity index (χ3n) is 9.28. The molecule has 0 fully saturated rings. The van der Waals surface area contributed by atoms with Crippen molar-refractivity contribution in [3.8, 4) is 33.4 Å². The Hall–Kier alpha value is -1.41. The lowest BCUT2D eigenvalue weighted by Crippen LogP contribution is -2.01. The van der Waals surface area contributed by atoms with Gasteiger partial charge in [0.2, 0.25) is 0 Å². The van der Waals surface area contributed by atoms with Crippen LogP contribution in [-0.4, -0.2) is 0 Å². The molecule has 3 heterocycles. The summed E-state index contributed by atoms with van der Waals surface area (Å²) in [5.41, 5.74) is 7.06. The molecule has 54 heavy (non-hydrogen) atoms. The lowest BCUT2D eigenvalue weighted by Gasteiger charge is -2.18. The monoisotopic (exact) mass is 912 g/mol. The van der Waals surface area contributed by atoms with Gasteiger partial charge in [-0.25, -0.2) is 0 Å². The maximum Gasteiger partial charge on any atom is 0.0942 e. The van der Waals surface area contributed by atoms with Gasteiger partial charge in [0.05, 0.1) is 13.3 Å². The minimum absolute atomic E-state index is 1.17. The van der Waals surface area contributed by atoms with Crippen molar-refractivity contribution in [1.82, 2.24) is 0 Å². The van der Waals surface area contributed by atoms with E-state index in [4.69, 9.17) is 35.4 Å². The largest absolute Gasteiger partial charge is 0.0942 e. The summed E-state index contributed by atoms with van der Waals surface area (Å²) >= 11 is 30.7. The Balaban J connectivity index is 1.08.